The minimum Gasteiger partial charge on any atom is -0.348 e. The van der Waals surface area contributed by atoms with Gasteiger partial charge in [0.15, 0.2) is 5.78 Å². The number of fused-ring (bicyclic) bond motifs is 2. The lowest BCUT2D eigenvalue weighted by Gasteiger charge is -2.33. The van der Waals surface area contributed by atoms with Crippen molar-refractivity contribution in [3.8, 4) is 0 Å². The van der Waals surface area contributed by atoms with Crippen molar-refractivity contribution in [3.63, 3.8) is 0 Å². The molecule has 3 amide bonds. The molecule has 1 saturated heterocycles. The summed E-state index contributed by atoms with van der Waals surface area (Å²) in [7, 11) is 0. The third-order valence-electron chi connectivity index (χ3n) is 6.76. The maximum Gasteiger partial charge on any atom is 0.325 e. The van der Waals surface area contributed by atoms with Gasteiger partial charge < -0.3 is 9.88 Å². The summed E-state index contributed by atoms with van der Waals surface area (Å²) in [5.74, 6) is 0.0565. The van der Waals surface area contributed by atoms with Crippen LogP contribution in [0.5, 0.6) is 0 Å². The van der Waals surface area contributed by atoms with Gasteiger partial charge in [-0.15, -0.1) is 0 Å². The highest BCUT2D eigenvalue weighted by molar-refractivity contribution is 6.11. The first kappa shape index (κ1) is 21.3. The lowest BCUT2D eigenvalue weighted by molar-refractivity contribution is -0.131. The summed E-state index contributed by atoms with van der Waals surface area (Å²) < 4.78 is 2.15. The number of ketones is 1. The molecule has 2 heterocycles. The number of carbonyl (C=O) groups is 3. The molecule has 1 aromatic heterocycles. The van der Waals surface area contributed by atoms with Crippen molar-refractivity contribution >= 4 is 17.7 Å². The fourth-order valence-corrected chi connectivity index (χ4v) is 5.00. The van der Waals surface area contributed by atoms with Crippen LogP contribution in [0.3, 0.4) is 0 Å². The molecule has 164 valence electrons. The second-order valence-electron chi connectivity index (χ2n) is 9.28. The number of urea groups is 1. The zero-order valence-corrected chi connectivity index (χ0v) is 18.8. The van der Waals surface area contributed by atoms with Crippen molar-refractivity contribution in [2.75, 3.05) is 6.54 Å². The van der Waals surface area contributed by atoms with E-state index in [9.17, 15) is 14.4 Å². The van der Waals surface area contributed by atoms with E-state index in [1.54, 1.807) is 0 Å². The summed E-state index contributed by atoms with van der Waals surface area (Å²) in [4.78, 5) is 40.5. The zero-order valence-electron chi connectivity index (χ0n) is 18.8. The number of aromatic nitrogens is 1. The van der Waals surface area contributed by atoms with Crippen LogP contribution in [0.1, 0.15) is 66.0 Å². The minimum absolute atomic E-state index is 0.200. The van der Waals surface area contributed by atoms with Crippen LogP contribution < -0.4 is 5.32 Å². The molecule has 0 bridgehead atoms. The Morgan fingerprint density at radius 2 is 1.94 bits per heavy atom. The molecule has 31 heavy (non-hydrogen) atoms. The molecule has 2 aromatic rings. The molecule has 1 aromatic carbocycles. The van der Waals surface area contributed by atoms with Crippen LogP contribution in [0.4, 0.5) is 4.79 Å². The van der Waals surface area contributed by atoms with Gasteiger partial charge in [0.05, 0.1) is 6.54 Å². The van der Waals surface area contributed by atoms with Gasteiger partial charge in [-0.3, -0.25) is 14.5 Å². The summed E-state index contributed by atoms with van der Waals surface area (Å²) in [6.07, 6.45) is 3.30. The molecule has 1 aliphatic heterocycles. The van der Waals surface area contributed by atoms with E-state index >= 15 is 0 Å². The molecule has 0 saturated carbocycles. The summed E-state index contributed by atoms with van der Waals surface area (Å²) in [6.45, 7) is 8.90. The van der Waals surface area contributed by atoms with E-state index in [0.29, 0.717) is 17.9 Å². The average Bonchev–Trinajstić information content (AvgIpc) is 3.15. The number of Topliss-reactive ketones (excluding diaryl/α,β-unsaturated/α-hetero) is 1. The van der Waals surface area contributed by atoms with Gasteiger partial charge in [-0.05, 0) is 62.6 Å². The molecule has 6 nitrogen and oxygen atoms in total. The molecule has 4 rings (SSSR count). The van der Waals surface area contributed by atoms with Crippen LogP contribution >= 0.6 is 0 Å². The van der Waals surface area contributed by atoms with Gasteiger partial charge in [0.25, 0.3) is 5.91 Å². The Morgan fingerprint density at radius 1 is 1.19 bits per heavy atom. The highest BCUT2D eigenvalue weighted by Crippen LogP contribution is 2.40. The first-order valence-electron chi connectivity index (χ1n) is 11.2. The van der Waals surface area contributed by atoms with Crippen LogP contribution in [0, 0.1) is 19.8 Å². The SMILES string of the molecule is Cc1cc(C(=O)CN2C(=O)NC3(CCCc4ccccc43)C2=O)c(C)n1CCC(C)C. The molecule has 1 fully saturated rings. The van der Waals surface area contributed by atoms with Gasteiger partial charge in [0.1, 0.15) is 5.54 Å². The van der Waals surface area contributed by atoms with Gasteiger partial charge in [-0.1, -0.05) is 38.1 Å². The quantitative estimate of drug-likeness (QED) is 0.563. The molecule has 1 aliphatic carbocycles. The largest absolute Gasteiger partial charge is 0.348 e. The Kier molecular flexibility index (Phi) is 5.50. The van der Waals surface area contributed by atoms with Crippen molar-refractivity contribution in [1.82, 2.24) is 14.8 Å². The Labute approximate surface area is 183 Å². The van der Waals surface area contributed by atoms with Crippen molar-refractivity contribution in [2.24, 2.45) is 5.92 Å². The number of benzene rings is 1. The first-order valence-corrected chi connectivity index (χ1v) is 11.2. The zero-order chi connectivity index (χ0) is 22.3. The fourth-order valence-electron chi connectivity index (χ4n) is 5.00. The maximum absolute atomic E-state index is 13.4. The highest BCUT2D eigenvalue weighted by atomic mass is 16.2. The molecule has 1 unspecified atom stereocenters. The van der Waals surface area contributed by atoms with Gasteiger partial charge in [-0.25, -0.2) is 4.79 Å². The summed E-state index contributed by atoms with van der Waals surface area (Å²) in [5.41, 5.74) is 3.42. The van der Waals surface area contributed by atoms with Gasteiger partial charge in [0.2, 0.25) is 0 Å². The number of carbonyl (C=O) groups excluding carboxylic acids is 3. The second-order valence-corrected chi connectivity index (χ2v) is 9.28. The van der Waals surface area contributed by atoms with Crippen LogP contribution in [-0.2, 0) is 23.3 Å². The number of amides is 3. The standard InChI is InChI=1S/C25H31N3O3/c1-16(2)11-13-27-17(3)14-20(18(27)4)22(29)15-28-23(30)25(26-24(28)31)12-7-9-19-8-5-6-10-21(19)25/h5-6,8,10,14,16H,7,9,11-13,15H2,1-4H3,(H,26,31). The predicted molar refractivity (Wildman–Crippen MR) is 119 cm³/mol. The molecular weight excluding hydrogens is 390 g/mol. The van der Waals surface area contributed by atoms with Crippen molar-refractivity contribution in [1.29, 1.82) is 0 Å². The molecule has 1 atom stereocenters. The number of imide groups is 1. The number of nitrogens with zero attached hydrogens (tertiary/aromatic N) is 2. The molecule has 1 spiro atoms. The number of nitrogens with one attached hydrogen (secondary N) is 1. The van der Waals surface area contributed by atoms with Gasteiger partial charge in [0, 0.05) is 23.5 Å². The third-order valence-corrected chi connectivity index (χ3v) is 6.76. The Balaban J connectivity index is 1.57. The van der Waals surface area contributed by atoms with E-state index in [0.717, 1.165) is 53.2 Å². The van der Waals surface area contributed by atoms with Crippen LogP contribution in [0.25, 0.3) is 0 Å². The first-order chi connectivity index (χ1) is 14.7. The van der Waals surface area contributed by atoms with E-state index in [4.69, 9.17) is 0 Å². The summed E-state index contributed by atoms with van der Waals surface area (Å²) in [6, 6.07) is 9.17. The van der Waals surface area contributed by atoms with Crippen LogP contribution in [0.2, 0.25) is 0 Å². The maximum atomic E-state index is 13.4. The van der Waals surface area contributed by atoms with E-state index < -0.39 is 11.6 Å². The number of hydrogen-bond acceptors (Lipinski definition) is 3. The monoisotopic (exact) mass is 421 g/mol. The second kappa shape index (κ2) is 7.98. The fraction of sp³-hybridized carbons (Fsp3) is 0.480. The average molecular weight is 422 g/mol. The van der Waals surface area contributed by atoms with Gasteiger partial charge >= 0.3 is 6.03 Å². The molecule has 1 N–H and O–H groups in total. The minimum atomic E-state index is -1.04. The van der Waals surface area contributed by atoms with Crippen molar-refractivity contribution in [2.45, 2.75) is 65.5 Å². The van der Waals surface area contributed by atoms with E-state index in [1.807, 2.05) is 44.2 Å². The Hall–Kier alpha value is -2.89. The summed E-state index contributed by atoms with van der Waals surface area (Å²) in [5, 5.41) is 2.93. The van der Waals surface area contributed by atoms with Crippen LogP contribution in [-0.4, -0.2) is 33.7 Å². The Bertz CT molecular complexity index is 1050. The lowest BCUT2D eigenvalue weighted by Crippen LogP contribution is -2.46. The smallest absolute Gasteiger partial charge is 0.325 e. The topological polar surface area (TPSA) is 71.4 Å². The number of rotatable bonds is 6. The molecule has 2 aliphatic rings. The number of aryl methyl sites for hydroxylation is 2. The molecule has 0 radical (unpaired) electrons. The van der Waals surface area contributed by atoms with Crippen LogP contribution in [0.15, 0.2) is 30.3 Å². The normalized spacial score (nSPS) is 20.5. The summed E-state index contributed by atoms with van der Waals surface area (Å²) >= 11 is 0. The van der Waals surface area contributed by atoms with Crippen molar-refractivity contribution < 1.29 is 14.4 Å². The Morgan fingerprint density at radius 3 is 2.68 bits per heavy atom. The highest BCUT2D eigenvalue weighted by Gasteiger charge is 2.54. The van der Waals surface area contributed by atoms with Crippen molar-refractivity contribution in [3.05, 3.63) is 58.4 Å². The third kappa shape index (κ3) is 3.58. The predicted octanol–water partition coefficient (Wildman–Crippen LogP) is 4.12. The number of hydrogen-bond donors (Lipinski definition) is 1. The molecule has 6 heteroatoms. The lowest BCUT2D eigenvalue weighted by atomic mass is 9.76. The van der Waals surface area contributed by atoms with Gasteiger partial charge in [-0.2, -0.15) is 0 Å². The van der Waals surface area contributed by atoms with E-state index in [2.05, 4.69) is 23.7 Å². The van der Waals surface area contributed by atoms with E-state index in [1.165, 1.54) is 0 Å². The van der Waals surface area contributed by atoms with E-state index in [-0.39, 0.29) is 18.2 Å². The molecular formula is C25H31N3O3.